The third kappa shape index (κ3) is 4.73. The van der Waals surface area contributed by atoms with Crippen molar-refractivity contribution >= 4 is 52.1 Å². The van der Waals surface area contributed by atoms with Gasteiger partial charge in [0.2, 0.25) is 0 Å². The van der Waals surface area contributed by atoms with Crippen molar-refractivity contribution in [3.8, 4) is 0 Å². The Kier molecular flexibility index (Phi) is 6.55. The lowest BCUT2D eigenvalue weighted by Gasteiger charge is -2.29. The van der Waals surface area contributed by atoms with E-state index in [1.54, 1.807) is 37.3 Å². The molecule has 0 aromatic heterocycles. The van der Waals surface area contributed by atoms with Gasteiger partial charge in [-0.15, -0.1) is 0 Å². The Morgan fingerprint density at radius 1 is 0.971 bits per heavy atom. The fourth-order valence-electron chi connectivity index (χ4n) is 3.68. The molecule has 3 aromatic rings. The number of rotatable bonds is 4. The smallest absolute Gasteiger partial charge is 0.374 e. The highest BCUT2D eigenvalue weighted by molar-refractivity contribution is 6.34. The average molecular weight is 528 g/mol. The molecule has 4 rings (SSSR count). The van der Waals surface area contributed by atoms with Gasteiger partial charge in [0.05, 0.1) is 5.71 Å². The Bertz CT molecular complexity index is 1270. The number of carbonyl (C=O) groups excluding carboxylic acids is 1. The molecule has 1 aliphatic rings. The van der Waals surface area contributed by atoms with Crippen molar-refractivity contribution in [2.75, 3.05) is 5.32 Å². The zero-order valence-electron chi connectivity index (χ0n) is 17.5. The number of aryl methyl sites for hydroxylation is 1. The molecule has 1 N–H and O–H groups in total. The van der Waals surface area contributed by atoms with E-state index in [9.17, 15) is 18.0 Å². The van der Waals surface area contributed by atoms with Crippen LogP contribution in [0.15, 0.2) is 65.8 Å². The zero-order chi connectivity index (χ0) is 24.7. The predicted octanol–water partition coefficient (Wildman–Crippen LogP) is 7.79. The standard InChI is InChI=1S/C24H16Cl3F3N2O2/c1-13-8-14(2-7-20(13)22(33)31-19-5-3-16(25)4-6-19)21-12-23(34-32-21,24(28,29)30)15-9-17(26)11-18(27)10-15/h2-11H,12H2,1H3,(H,31,33). The van der Waals surface area contributed by atoms with E-state index >= 15 is 0 Å². The largest absolute Gasteiger partial charge is 0.435 e. The normalized spacial score (nSPS) is 17.8. The number of benzene rings is 3. The third-order valence-electron chi connectivity index (χ3n) is 5.42. The molecule has 1 heterocycles. The topological polar surface area (TPSA) is 50.7 Å². The molecule has 4 nitrogen and oxygen atoms in total. The summed E-state index contributed by atoms with van der Waals surface area (Å²) >= 11 is 17.7. The molecule has 0 saturated heterocycles. The number of carbonyl (C=O) groups is 1. The fourth-order valence-corrected chi connectivity index (χ4v) is 4.33. The first-order chi connectivity index (χ1) is 16.0. The van der Waals surface area contributed by atoms with Crippen molar-refractivity contribution in [2.45, 2.75) is 25.1 Å². The van der Waals surface area contributed by atoms with E-state index in [2.05, 4.69) is 10.5 Å². The molecule has 0 aliphatic carbocycles. The Balaban J connectivity index is 1.60. The first-order valence-corrected chi connectivity index (χ1v) is 11.1. The number of oxime groups is 1. The maximum Gasteiger partial charge on any atom is 0.435 e. The molecular formula is C24H16Cl3F3N2O2. The van der Waals surface area contributed by atoms with Crippen molar-refractivity contribution < 1.29 is 22.8 Å². The molecule has 176 valence electrons. The van der Waals surface area contributed by atoms with E-state index in [0.717, 1.165) is 12.1 Å². The van der Waals surface area contributed by atoms with Crippen molar-refractivity contribution in [1.29, 1.82) is 0 Å². The molecule has 0 bridgehead atoms. The summed E-state index contributed by atoms with van der Waals surface area (Å²) in [5.74, 6) is -0.366. The molecule has 0 radical (unpaired) electrons. The molecule has 1 atom stereocenters. The molecule has 1 unspecified atom stereocenters. The van der Waals surface area contributed by atoms with Crippen LogP contribution in [0.1, 0.15) is 33.5 Å². The maximum atomic E-state index is 14.2. The summed E-state index contributed by atoms with van der Waals surface area (Å²) in [7, 11) is 0. The average Bonchev–Trinajstić information content (AvgIpc) is 3.22. The van der Waals surface area contributed by atoms with Gasteiger partial charge >= 0.3 is 6.18 Å². The number of alkyl halides is 3. The van der Waals surface area contributed by atoms with Gasteiger partial charge in [-0.05, 0) is 72.6 Å². The minimum Gasteiger partial charge on any atom is -0.374 e. The molecular weight excluding hydrogens is 512 g/mol. The minimum atomic E-state index is -4.79. The van der Waals surface area contributed by atoms with Gasteiger partial charge in [0.15, 0.2) is 0 Å². The van der Waals surface area contributed by atoms with Gasteiger partial charge in [0.25, 0.3) is 11.5 Å². The second-order valence-electron chi connectivity index (χ2n) is 7.78. The summed E-state index contributed by atoms with van der Waals surface area (Å²) in [4.78, 5) is 17.7. The number of nitrogens with zero attached hydrogens (tertiary/aromatic N) is 1. The summed E-state index contributed by atoms with van der Waals surface area (Å²) in [6.07, 6.45) is -5.37. The molecule has 0 saturated carbocycles. The highest BCUT2D eigenvalue weighted by Gasteiger charge is 2.62. The van der Waals surface area contributed by atoms with Crippen LogP contribution in [0, 0.1) is 6.92 Å². The monoisotopic (exact) mass is 526 g/mol. The van der Waals surface area contributed by atoms with Crippen LogP contribution < -0.4 is 5.32 Å². The lowest BCUT2D eigenvalue weighted by Crippen LogP contribution is -2.42. The van der Waals surface area contributed by atoms with Crippen LogP contribution in [-0.4, -0.2) is 17.8 Å². The Hall–Kier alpha value is -2.74. The molecule has 0 spiro atoms. The van der Waals surface area contributed by atoms with Crippen molar-refractivity contribution in [1.82, 2.24) is 0 Å². The second-order valence-corrected chi connectivity index (χ2v) is 9.09. The van der Waals surface area contributed by atoms with Crippen molar-refractivity contribution in [3.63, 3.8) is 0 Å². The van der Waals surface area contributed by atoms with E-state index in [1.165, 1.54) is 18.2 Å². The highest BCUT2D eigenvalue weighted by Crippen LogP contribution is 2.49. The minimum absolute atomic E-state index is 0.0510. The van der Waals surface area contributed by atoms with E-state index < -0.39 is 18.2 Å². The van der Waals surface area contributed by atoms with Gasteiger partial charge in [-0.25, -0.2) is 0 Å². The first-order valence-electron chi connectivity index (χ1n) is 9.95. The molecule has 1 amide bonds. The second kappa shape index (κ2) is 9.13. The zero-order valence-corrected chi connectivity index (χ0v) is 19.8. The summed E-state index contributed by atoms with van der Waals surface area (Å²) in [6, 6.07) is 14.9. The van der Waals surface area contributed by atoms with Gasteiger partial charge in [-0.2, -0.15) is 13.2 Å². The predicted molar refractivity (Wildman–Crippen MR) is 127 cm³/mol. The van der Waals surface area contributed by atoms with Gasteiger partial charge in [0, 0.05) is 38.3 Å². The van der Waals surface area contributed by atoms with Crippen LogP contribution in [0.25, 0.3) is 0 Å². The van der Waals surface area contributed by atoms with Crippen molar-refractivity contribution in [2.24, 2.45) is 5.16 Å². The number of hydrogen-bond acceptors (Lipinski definition) is 3. The van der Waals surface area contributed by atoms with Crippen LogP contribution in [0.4, 0.5) is 18.9 Å². The molecule has 1 aliphatic heterocycles. The summed E-state index contributed by atoms with van der Waals surface area (Å²) in [5, 5.41) is 7.14. The molecule has 3 aromatic carbocycles. The fraction of sp³-hybridized carbons (Fsp3) is 0.167. The van der Waals surface area contributed by atoms with Crippen molar-refractivity contribution in [3.05, 3.63) is 98.0 Å². The molecule has 0 fully saturated rings. The molecule has 10 heteroatoms. The quantitative estimate of drug-likeness (QED) is 0.376. The first kappa shape index (κ1) is 24.4. The van der Waals surface area contributed by atoms with E-state index in [0.29, 0.717) is 27.4 Å². The Morgan fingerprint density at radius 3 is 2.21 bits per heavy atom. The van der Waals surface area contributed by atoms with Gasteiger partial charge in [-0.3, -0.25) is 4.79 Å². The van der Waals surface area contributed by atoms with Crippen LogP contribution in [0.2, 0.25) is 15.1 Å². The van der Waals surface area contributed by atoms with Crippen LogP contribution in [-0.2, 0) is 10.4 Å². The lowest BCUT2D eigenvalue weighted by molar-refractivity contribution is -0.275. The number of nitrogens with one attached hydrogen (secondary N) is 1. The van der Waals surface area contributed by atoms with Crippen LogP contribution >= 0.6 is 34.8 Å². The number of anilines is 1. The van der Waals surface area contributed by atoms with E-state index in [1.807, 2.05) is 0 Å². The van der Waals surface area contributed by atoms with Crippen LogP contribution in [0.5, 0.6) is 0 Å². The highest BCUT2D eigenvalue weighted by atomic mass is 35.5. The number of halogens is 6. The summed E-state index contributed by atoms with van der Waals surface area (Å²) in [6.45, 7) is 1.68. The number of hydrogen-bond donors (Lipinski definition) is 1. The van der Waals surface area contributed by atoms with Gasteiger partial charge in [-0.1, -0.05) is 46.0 Å². The Morgan fingerprint density at radius 2 is 1.62 bits per heavy atom. The summed E-state index contributed by atoms with van der Waals surface area (Å²) < 4.78 is 42.6. The lowest BCUT2D eigenvalue weighted by atomic mass is 9.86. The van der Waals surface area contributed by atoms with Gasteiger partial charge in [0.1, 0.15) is 0 Å². The van der Waals surface area contributed by atoms with E-state index in [4.69, 9.17) is 39.6 Å². The van der Waals surface area contributed by atoms with Crippen LogP contribution in [0.3, 0.4) is 0 Å². The maximum absolute atomic E-state index is 14.2. The van der Waals surface area contributed by atoms with E-state index in [-0.39, 0.29) is 27.2 Å². The summed E-state index contributed by atoms with van der Waals surface area (Å²) in [5.41, 5.74) is -1.01. The number of amides is 1. The SMILES string of the molecule is Cc1cc(C2=NOC(c3cc(Cl)cc(Cl)c3)(C(F)(F)F)C2)ccc1C(=O)Nc1ccc(Cl)cc1. The molecule has 34 heavy (non-hydrogen) atoms. The third-order valence-corrected chi connectivity index (χ3v) is 6.11. The Labute approximate surface area is 208 Å². The van der Waals surface area contributed by atoms with Gasteiger partial charge < -0.3 is 10.2 Å².